The van der Waals surface area contributed by atoms with Gasteiger partial charge in [0, 0.05) is 41.7 Å². The molecule has 4 heterocycles. The van der Waals surface area contributed by atoms with Crippen molar-refractivity contribution in [3.8, 4) is 35.4 Å². The van der Waals surface area contributed by atoms with Gasteiger partial charge >= 0.3 is 6.01 Å². The minimum atomic E-state index is -0.728. The Morgan fingerprint density at radius 3 is 2.87 bits per heavy atom. The third-order valence-electron chi connectivity index (χ3n) is 9.90. The number of piperidine rings is 1. The maximum absolute atomic E-state index is 16.8. The number of rotatable bonds is 5. The number of pyridine rings is 1. The fourth-order valence-corrected chi connectivity index (χ4v) is 7.82. The van der Waals surface area contributed by atoms with Crippen molar-refractivity contribution < 1.29 is 23.4 Å². The third-order valence-corrected chi connectivity index (χ3v) is 9.90. The van der Waals surface area contributed by atoms with Crippen molar-refractivity contribution in [1.82, 2.24) is 19.9 Å². The summed E-state index contributed by atoms with van der Waals surface area (Å²) >= 11 is 0. The first-order valence-electron chi connectivity index (χ1n) is 15.7. The van der Waals surface area contributed by atoms with E-state index < -0.39 is 11.6 Å². The highest BCUT2D eigenvalue weighted by molar-refractivity contribution is 6.03. The topological polar surface area (TPSA) is 83.8 Å². The Morgan fingerprint density at radius 2 is 2.02 bits per heavy atom. The predicted octanol–water partition coefficient (Wildman–Crippen LogP) is 5.93. The van der Waals surface area contributed by atoms with E-state index in [1.54, 1.807) is 0 Å². The van der Waals surface area contributed by atoms with Crippen LogP contribution >= 0.6 is 0 Å². The van der Waals surface area contributed by atoms with E-state index in [9.17, 15) is 9.50 Å². The lowest BCUT2D eigenvalue weighted by Crippen LogP contribution is -2.50. The fourth-order valence-electron chi connectivity index (χ4n) is 7.82. The Labute approximate surface area is 261 Å². The molecule has 2 aromatic carbocycles. The largest absolute Gasteiger partial charge is 0.508 e. The Bertz CT molecular complexity index is 1830. The second-order valence-corrected chi connectivity index (χ2v) is 12.9. The molecule has 45 heavy (non-hydrogen) atoms. The van der Waals surface area contributed by atoms with Crippen LogP contribution in [0.2, 0.25) is 0 Å². The van der Waals surface area contributed by atoms with E-state index in [1.165, 1.54) is 30.5 Å². The van der Waals surface area contributed by atoms with Gasteiger partial charge < -0.3 is 24.4 Å². The van der Waals surface area contributed by atoms with Gasteiger partial charge in [0.05, 0.1) is 30.8 Å². The molecule has 2 saturated heterocycles. The minimum Gasteiger partial charge on any atom is -0.508 e. The van der Waals surface area contributed by atoms with E-state index >= 15 is 4.39 Å². The first-order chi connectivity index (χ1) is 21.8. The number of ether oxygens (including phenoxy) is 2. The van der Waals surface area contributed by atoms with Gasteiger partial charge in [0.25, 0.3) is 0 Å². The number of hydrogen-bond donors (Lipinski definition) is 1. The molecule has 1 N–H and O–H groups in total. The van der Waals surface area contributed by atoms with Crippen molar-refractivity contribution in [2.75, 3.05) is 51.4 Å². The highest BCUT2D eigenvalue weighted by Crippen LogP contribution is 2.47. The number of likely N-dealkylation sites (tertiary alicyclic amines) is 1. The fraction of sp³-hybridized carbons (Fsp3) is 0.457. The van der Waals surface area contributed by atoms with Crippen LogP contribution in [-0.4, -0.2) is 77.5 Å². The van der Waals surface area contributed by atoms with Gasteiger partial charge in [-0.05, 0) is 68.8 Å². The van der Waals surface area contributed by atoms with Crippen molar-refractivity contribution in [2.45, 2.75) is 45.1 Å². The molecular formula is C35H37F2N5O3. The number of benzene rings is 2. The Kier molecular flexibility index (Phi) is 7.70. The lowest BCUT2D eigenvalue weighted by molar-refractivity contribution is 0.0133. The number of halogens is 2. The van der Waals surface area contributed by atoms with Gasteiger partial charge in [0.2, 0.25) is 0 Å². The molecule has 7 rings (SSSR count). The highest BCUT2D eigenvalue weighted by atomic mass is 19.1. The van der Waals surface area contributed by atoms with Crippen LogP contribution in [0.15, 0.2) is 30.5 Å². The molecule has 234 valence electrons. The average Bonchev–Trinajstić information content (AvgIpc) is 3.35. The summed E-state index contributed by atoms with van der Waals surface area (Å²) < 4.78 is 43.9. The molecule has 8 nitrogen and oxygen atoms in total. The molecule has 0 amide bonds. The summed E-state index contributed by atoms with van der Waals surface area (Å²) in [6.45, 7) is 5.99. The maximum Gasteiger partial charge on any atom is 0.319 e. The molecule has 0 radical (unpaired) electrons. The summed E-state index contributed by atoms with van der Waals surface area (Å²) in [5, 5.41) is 11.7. The SMILES string of the molecule is C#Cc1c(F)ccc2cc(O)cc(-c3ncc4c(N5CCOCC(C)C5)nc(OCC56CCCC5N(C)CCC6)nc4c3F)c12. The van der Waals surface area contributed by atoms with Crippen LogP contribution in [0.5, 0.6) is 11.8 Å². The van der Waals surface area contributed by atoms with Gasteiger partial charge in [-0.1, -0.05) is 25.3 Å². The number of nitrogens with zero attached hydrogens (tertiary/aromatic N) is 5. The van der Waals surface area contributed by atoms with E-state index in [2.05, 4.69) is 39.7 Å². The molecule has 2 aliphatic heterocycles. The molecular weight excluding hydrogens is 576 g/mol. The van der Waals surface area contributed by atoms with Crippen LogP contribution in [0.3, 0.4) is 0 Å². The zero-order valence-electron chi connectivity index (χ0n) is 25.7. The Morgan fingerprint density at radius 1 is 1.18 bits per heavy atom. The van der Waals surface area contributed by atoms with Crippen LogP contribution in [0.25, 0.3) is 32.9 Å². The zero-order chi connectivity index (χ0) is 31.3. The number of phenolic OH excluding ortho intramolecular Hbond substituents is 1. The normalized spacial score (nSPS) is 24.0. The number of phenols is 1. The molecule has 10 heteroatoms. The lowest BCUT2D eigenvalue weighted by atomic mass is 9.76. The van der Waals surface area contributed by atoms with Crippen LogP contribution in [0.1, 0.15) is 44.6 Å². The second kappa shape index (κ2) is 11.7. The van der Waals surface area contributed by atoms with Crippen LogP contribution < -0.4 is 9.64 Å². The smallest absolute Gasteiger partial charge is 0.319 e. The summed E-state index contributed by atoms with van der Waals surface area (Å²) in [7, 11) is 2.18. The van der Waals surface area contributed by atoms with Crippen molar-refractivity contribution in [1.29, 1.82) is 0 Å². The van der Waals surface area contributed by atoms with Crippen LogP contribution in [0.4, 0.5) is 14.6 Å². The second-order valence-electron chi connectivity index (χ2n) is 12.9. The van der Waals surface area contributed by atoms with Crippen molar-refractivity contribution >= 4 is 27.5 Å². The van der Waals surface area contributed by atoms with E-state index in [0.717, 1.165) is 38.6 Å². The van der Waals surface area contributed by atoms with E-state index in [1.807, 2.05) is 0 Å². The zero-order valence-corrected chi connectivity index (χ0v) is 25.7. The molecule has 4 aromatic rings. The number of aromatic nitrogens is 3. The monoisotopic (exact) mass is 613 g/mol. The third kappa shape index (κ3) is 5.22. The summed E-state index contributed by atoms with van der Waals surface area (Å²) in [5.41, 5.74) is 0.0900. The average molecular weight is 614 g/mol. The standard InChI is InChI=1S/C35H37F2N5O3/c1-4-24-27(36)9-8-22-15-23(43)16-25(29(22)24)31-30(37)32-26(17-38-31)33(42-13-14-44-19-21(2)18-42)40-34(39-32)45-20-35-10-5-7-28(35)41(3)12-6-11-35/h1,8-9,15-17,21,28,43H,5-7,10-14,18-20H2,2-3H3. The summed E-state index contributed by atoms with van der Waals surface area (Å²) in [6, 6.07) is 6.10. The maximum atomic E-state index is 16.8. The van der Waals surface area contributed by atoms with Gasteiger partial charge in [-0.15, -0.1) is 6.42 Å². The lowest BCUT2D eigenvalue weighted by Gasteiger charge is -2.44. The molecule has 3 unspecified atom stereocenters. The number of terminal acetylenes is 1. The minimum absolute atomic E-state index is 0.00850. The van der Waals surface area contributed by atoms with Crippen LogP contribution in [-0.2, 0) is 4.74 Å². The molecule has 0 spiro atoms. The van der Waals surface area contributed by atoms with Crippen LogP contribution in [0, 0.1) is 35.3 Å². The number of hydrogen-bond acceptors (Lipinski definition) is 8. The number of anilines is 1. The molecule has 1 saturated carbocycles. The molecule has 3 fully saturated rings. The molecule has 0 bridgehead atoms. The number of fused-ring (bicyclic) bond motifs is 3. The Hall–Kier alpha value is -4.07. The van der Waals surface area contributed by atoms with E-state index in [-0.39, 0.29) is 50.8 Å². The van der Waals surface area contributed by atoms with Gasteiger partial charge in [0.1, 0.15) is 28.6 Å². The summed E-state index contributed by atoms with van der Waals surface area (Å²) in [6.07, 6.45) is 12.8. The molecule has 3 atom stereocenters. The first kappa shape index (κ1) is 29.6. The quantitative estimate of drug-likeness (QED) is 0.278. The van der Waals surface area contributed by atoms with Crippen molar-refractivity contribution in [3.05, 3.63) is 47.7 Å². The van der Waals surface area contributed by atoms with E-state index in [4.69, 9.17) is 20.9 Å². The van der Waals surface area contributed by atoms with Gasteiger partial charge in [-0.2, -0.15) is 9.97 Å². The first-order valence-corrected chi connectivity index (χ1v) is 15.7. The highest BCUT2D eigenvalue weighted by Gasteiger charge is 2.47. The summed E-state index contributed by atoms with van der Waals surface area (Å²) in [4.78, 5) is 18.5. The van der Waals surface area contributed by atoms with Crippen molar-refractivity contribution in [2.24, 2.45) is 11.3 Å². The van der Waals surface area contributed by atoms with E-state index in [0.29, 0.717) is 55.5 Å². The van der Waals surface area contributed by atoms with Gasteiger partial charge in [0.15, 0.2) is 5.82 Å². The van der Waals surface area contributed by atoms with Gasteiger partial charge in [-0.3, -0.25) is 4.98 Å². The summed E-state index contributed by atoms with van der Waals surface area (Å²) in [5.74, 6) is 1.68. The molecule has 3 aliphatic rings. The Balaban J connectivity index is 1.38. The molecule has 2 aromatic heterocycles. The van der Waals surface area contributed by atoms with Gasteiger partial charge in [-0.25, -0.2) is 8.78 Å². The van der Waals surface area contributed by atoms with Crippen molar-refractivity contribution in [3.63, 3.8) is 0 Å². The predicted molar refractivity (Wildman–Crippen MR) is 169 cm³/mol. The number of aromatic hydroxyl groups is 1. The molecule has 1 aliphatic carbocycles.